The molecule has 0 amide bonds. The third-order valence-electron chi connectivity index (χ3n) is 6.22. The highest BCUT2D eigenvalue weighted by atomic mass is 19.1. The molecule has 7 heteroatoms. The Balaban J connectivity index is 1.63. The van der Waals surface area contributed by atoms with Crippen LogP contribution in [-0.4, -0.2) is 27.5 Å². The van der Waals surface area contributed by atoms with Crippen LogP contribution in [0.15, 0.2) is 27.4 Å². The molecule has 1 saturated heterocycles. The zero-order valence-corrected chi connectivity index (χ0v) is 16.8. The second-order valence-electron chi connectivity index (χ2n) is 8.67. The summed E-state index contributed by atoms with van der Waals surface area (Å²) in [5, 5.41) is 0. The fraction of sp³-hybridized carbons (Fsp3) is 0.667. The number of ketones is 1. The van der Waals surface area contributed by atoms with Gasteiger partial charge in [0.2, 0.25) is 5.82 Å². The zero-order chi connectivity index (χ0) is 20.5. The summed E-state index contributed by atoms with van der Waals surface area (Å²) in [5.74, 6) is -0.864. The lowest BCUT2D eigenvalue weighted by atomic mass is 9.85. The fourth-order valence-corrected chi connectivity index (χ4v) is 4.20. The molecular formula is C21H29FN2O4. The Morgan fingerprint density at radius 3 is 2.82 bits per heavy atom. The number of aromatic nitrogens is 2. The number of halogens is 1. The predicted molar refractivity (Wildman–Crippen MR) is 104 cm³/mol. The van der Waals surface area contributed by atoms with Crippen LogP contribution in [0.1, 0.15) is 52.9 Å². The van der Waals surface area contributed by atoms with E-state index in [4.69, 9.17) is 4.74 Å². The largest absolute Gasteiger partial charge is 0.370 e. The van der Waals surface area contributed by atoms with E-state index in [9.17, 15) is 18.8 Å². The fourth-order valence-electron chi connectivity index (χ4n) is 4.20. The van der Waals surface area contributed by atoms with Gasteiger partial charge in [0, 0.05) is 18.9 Å². The summed E-state index contributed by atoms with van der Waals surface area (Å²) in [4.78, 5) is 37.6. The van der Waals surface area contributed by atoms with Crippen molar-refractivity contribution in [1.82, 2.24) is 9.55 Å². The average Bonchev–Trinajstić information content (AvgIpc) is 3.28. The number of hydrogen-bond donors (Lipinski definition) is 1. The molecule has 1 N–H and O–H groups in total. The van der Waals surface area contributed by atoms with Crippen molar-refractivity contribution in [3.63, 3.8) is 0 Å². The van der Waals surface area contributed by atoms with E-state index in [0.29, 0.717) is 6.42 Å². The molecule has 0 bridgehead atoms. The highest BCUT2D eigenvalue weighted by molar-refractivity contribution is 5.83. The van der Waals surface area contributed by atoms with Gasteiger partial charge in [0.25, 0.3) is 5.56 Å². The molecule has 0 unspecified atom stereocenters. The predicted octanol–water partition coefficient (Wildman–Crippen LogP) is 2.81. The first-order valence-corrected chi connectivity index (χ1v) is 10.00. The molecule has 0 spiro atoms. The minimum absolute atomic E-state index is 0.0629. The second kappa shape index (κ2) is 8.15. The molecule has 1 aromatic heterocycles. The monoisotopic (exact) mass is 392 g/mol. The molecule has 3 rings (SSSR count). The van der Waals surface area contributed by atoms with Gasteiger partial charge >= 0.3 is 5.69 Å². The van der Waals surface area contributed by atoms with E-state index in [0.717, 1.165) is 43.1 Å². The van der Waals surface area contributed by atoms with Crippen LogP contribution < -0.4 is 11.2 Å². The van der Waals surface area contributed by atoms with Crippen molar-refractivity contribution >= 4 is 5.78 Å². The number of allylic oxidation sites excluding steroid dienone is 2. The van der Waals surface area contributed by atoms with Crippen LogP contribution in [0.2, 0.25) is 0 Å². The van der Waals surface area contributed by atoms with Gasteiger partial charge in [0.15, 0.2) is 0 Å². The summed E-state index contributed by atoms with van der Waals surface area (Å²) in [6.45, 7) is 7.23. The van der Waals surface area contributed by atoms with Crippen molar-refractivity contribution in [2.75, 3.05) is 6.61 Å². The van der Waals surface area contributed by atoms with Crippen LogP contribution in [-0.2, 0) is 16.1 Å². The minimum atomic E-state index is -1.03. The Kier molecular flexibility index (Phi) is 6.03. The molecule has 2 heterocycles. The van der Waals surface area contributed by atoms with Gasteiger partial charge in [0.1, 0.15) is 5.78 Å². The van der Waals surface area contributed by atoms with E-state index >= 15 is 0 Å². The van der Waals surface area contributed by atoms with Gasteiger partial charge in [-0.3, -0.25) is 19.1 Å². The summed E-state index contributed by atoms with van der Waals surface area (Å²) >= 11 is 0. The summed E-state index contributed by atoms with van der Waals surface area (Å²) in [7, 11) is 0. The Bertz CT molecular complexity index is 881. The van der Waals surface area contributed by atoms with E-state index in [1.807, 2.05) is 4.98 Å². The normalized spacial score (nSPS) is 30.1. The molecule has 154 valence electrons. The average molecular weight is 392 g/mol. The van der Waals surface area contributed by atoms with Crippen molar-refractivity contribution < 1.29 is 13.9 Å². The molecule has 28 heavy (non-hydrogen) atoms. The van der Waals surface area contributed by atoms with Gasteiger partial charge < -0.3 is 4.74 Å². The van der Waals surface area contributed by atoms with Gasteiger partial charge in [-0.2, -0.15) is 4.39 Å². The molecule has 2 fully saturated rings. The quantitative estimate of drug-likeness (QED) is 0.545. The standard InChI is InChI=1S/C21H29FN2O4/c1-13(5-4-8-21(3)12-28-21)6-7-15-14(2)9-18(25)16(15)10-24-11-17(22)19(26)23-20(24)27/h5,11,14-16H,4,6-10,12H2,1-3H3,(H,23,26,27)/b13-5+/t14-,15+,16-,21-/m0/s1. The number of nitrogens with one attached hydrogen (secondary N) is 1. The number of epoxide rings is 1. The van der Waals surface area contributed by atoms with Gasteiger partial charge in [-0.15, -0.1) is 0 Å². The van der Waals surface area contributed by atoms with Crippen LogP contribution in [0.5, 0.6) is 0 Å². The first-order valence-electron chi connectivity index (χ1n) is 10.00. The van der Waals surface area contributed by atoms with Crippen molar-refractivity contribution in [3.05, 3.63) is 44.5 Å². The first-order chi connectivity index (χ1) is 13.2. The van der Waals surface area contributed by atoms with Gasteiger partial charge in [0.05, 0.1) is 18.4 Å². The van der Waals surface area contributed by atoms with Crippen molar-refractivity contribution in [3.8, 4) is 0 Å². The highest BCUT2D eigenvalue weighted by Crippen LogP contribution is 2.39. The summed E-state index contributed by atoms with van der Waals surface area (Å²) in [5.41, 5.74) is -0.353. The molecule has 1 aliphatic heterocycles. The number of carbonyl (C=O) groups excluding carboxylic acids is 1. The van der Waals surface area contributed by atoms with Crippen molar-refractivity contribution in [1.29, 1.82) is 0 Å². The summed E-state index contributed by atoms with van der Waals surface area (Å²) < 4.78 is 20.1. The maximum Gasteiger partial charge on any atom is 0.328 e. The second-order valence-corrected chi connectivity index (χ2v) is 8.67. The Morgan fingerprint density at radius 1 is 1.43 bits per heavy atom. The molecule has 2 aliphatic rings. The van der Waals surface area contributed by atoms with Crippen LogP contribution in [0.3, 0.4) is 0 Å². The zero-order valence-electron chi connectivity index (χ0n) is 16.8. The number of Topliss-reactive ketones (excluding diaryl/α,β-unsaturated/α-hetero) is 1. The smallest absolute Gasteiger partial charge is 0.328 e. The molecule has 0 radical (unpaired) electrons. The maximum atomic E-state index is 13.6. The first kappa shape index (κ1) is 20.7. The lowest BCUT2D eigenvalue weighted by molar-refractivity contribution is -0.121. The number of nitrogens with zero attached hydrogens (tertiary/aromatic N) is 1. The van der Waals surface area contributed by atoms with Crippen LogP contribution in [0.25, 0.3) is 0 Å². The number of aromatic amines is 1. The lowest BCUT2D eigenvalue weighted by Gasteiger charge is -2.22. The molecule has 4 atom stereocenters. The summed E-state index contributed by atoms with van der Waals surface area (Å²) in [6.07, 6.45) is 7.38. The van der Waals surface area contributed by atoms with Crippen molar-refractivity contribution in [2.24, 2.45) is 17.8 Å². The van der Waals surface area contributed by atoms with Gasteiger partial charge in [-0.1, -0.05) is 18.6 Å². The molecular weight excluding hydrogens is 363 g/mol. The van der Waals surface area contributed by atoms with Crippen LogP contribution >= 0.6 is 0 Å². The number of H-pyrrole nitrogens is 1. The maximum absolute atomic E-state index is 13.6. The highest BCUT2D eigenvalue weighted by Gasteiger charge is 2.40. The van der Waals surface area contributed by atoms with E-state index < -0.39 is 17.1 Å². The molecule has 1 aliphatic carbocycles. The molecule has 0 aromatic carbocycles. The Morgan fingerprint density at radius 2 is 2.14 bits per heavy atom. The Hall–Kier alpha value is -2.02. The van der Waals surface area contributed by atoms with Crippen LogP contribution in [0, 0.1) is 23.6 Å². The van der Waals surface area contributed by atoms with Crippen molar-refractivity contribution in [2.45, 2.75) is 65.0 Å². The van der Waals surface area contributed by atoms with E-state index in [-0.39, 0.29) is 35.7 Å². The minimum Gasteiger partial charge on any atom is -0.370 e. The van der Waals surface area contributed by atoms with Gasteiger partial charge in [-0.05, 0) is 51.4 Å². The van der Waals surface area contributed by atoms with E-state index in [2.05, 4.69) is 26.8 Å². The molecule has 1 saturated carbocycles. The third kappa shape index (κ3) is 4.87. The topological polar surface area (TPSA) is 84.5 Å². The summed E-state index contributed by atoms with van der Waals surface area (Å²) in [6, 6.07) is 0. The van der Waals surface area contributed by atoms with Gasteiger partial charge in [-0.25, -0.2) is 4.79 Å². The van der Waals surface area contributed by atoms with E-state index in [1.165, 1.54) is 5.57 Å². The number of ether oxygens (including phenoxy) is 1. The number of rotatable bonds is 8. The number of hydrogen-bond acceptors (Lipinski definition) is 4. The molecule has 6 nitrogen and oxygen atoms in total. The number of carbonyl (C=O) groups is 1. The third-order valence-corrected chi connectivity index (χ3v) is 6.22. The Labute approximate surface area is 163 Å². The van der Waals surface area contributed by atoms with E-state index in [1.54, 1.807) is 0 Å². The van der Waals surface area contributed by atoms with Crippen LogP contribution in [0.4, 0.5) is 4.39 Å². The SMILES string of the molecule is C/C(=C\CC[C@@]1(C)CO1)CC[C@H]1[C@H](Cn2cc(F)c(=O)[nH]c2=O)C(=O)C[C@@H]1C. The lowest BCUT2D eigenvalue weighted by Crippen LogP contribution is -2.35. The molecule has 1 aromatic rings.